The first-order chi connectivity index (χ1) is 10.7. The van der Waals surface area contributed by atoms with Crippen LogP contribution in [0.4, 0.5) is 0 Å². The predicted octanol–water partition coefficient (Wildman–Crippen LogP) is 2.43. The third kappa shape index (κ3) is 3.17. The summed E-state index contributed by atoms with van der Waals surface area (Å²) in [6.07, 6.45) is 8.14. The molecule has 3 heterocycles. The maximum absolute atomic E-state index is 11.5. The summed E-state index contributed by atoms with van der Waals surface area (Å²) in [5.74, 6) is 0. The van der Waals surface area contributed by atoms with Crippen LogP contribution in [0.2, 0.25) is 0 Å². The van der Waals surface area contributed by atoms with Gasteiger partial charge in [-0.05, 0) is 50.9 Å². The number of nitrogens with one attached hydrogen (secondary N) is 2. The molecule has 4 nitrogen and oxygen atoms in total. The van der Waals surface area contributed by atoms with E-state index >= 15 is 0 Å². The van der Waals surface area contributed by atoms with Crippen molar-refractivity contribution in [2.24, 2.45) is 0 Å². The van der Waals surface area contributed by atoms with Crippen molar-refractivity contribution in [1.82, 2.24) is 15.2 Å². The molecule has 1 saturated heterocycles. The van der Waals surface area contributed by atoms with Gasteiger partial charge in [-0.1, -0.05) is 19.1 Å². The minimum Gasteiger partial charge on any atom is -0.377 e. The molecule has 2 aliphatic rings. The van der Waals surface area contributed by atoms with Crippen LogP contribution in [0.15, 0.2) is 34.7 Å². The van der Waals surface area contributed by atoms with Gasteiger partial charge < -0.3 is 15.2 Å². The van der Waals surface area contributed by atoms with Crippen molar-refractivity contribution in [3.63, 3.8) is 0 Å². The number of dihydropyridines is 1. The van der Waals surface area contributed by atoms with E-state index in [2.05, 4.69) is 34.3 Å². The molecule has 0 aliphatic carbocycles. The highest BCUT2D eigenvalue weighted by Gasteiger charge is 2.21. The van der Waals surface area contributed by atoms with Crippen LogP contribution in [-0.2, 0) is 0 Å². The van der Waals surface area contributed by atoms with Gasteiger partial charge >= 0.3 is 0 Å². The molecule has 0 aromatic carbocycles. The number of hydrogen-bond donors (Lipinski definition) is 2. The number of nitrogens with zero attached hydrogens (tertiary/aromatic N) is 1. The Kier molecular flexibility index (Phi) is 4.48. The lowest BCUT2D eigenvalue weighted by Gasteiger charge is -2.29. The second kappa shape index (κ2) is 6.53. The first-order valence-corrected chi connectivity index (χ1v) is 8.28. The fourth-order valence-electron chi connectivity index (χ4n) is 3.39. The van der Waals surface area contributed by atoms with Crippen LogP contribution >= 0.6 is 0 Å². The summed E-state index contributed by atoms with van der Waals surface area (Å²) in [4.78, 5) is 16.9. The third-order valence-corrected chi connectivity index (χ3v) is 4.60. The van der Waals surface area contributed by atoms with Gasteiger partial charge in [0.25, 0.3) is 0 Å². The van der Waals surface area contributed by atoms with Crippen molar-refractivity contribution >= 4 is 5.70 Å². The number of rotatable bonds is 4. The molecule has 1 aromatic heterocycles. The van der Waals surface area contributed by atoms with Gasteiger partial charge in [-0.15, -0.1) is 0 Å². The number of likely N-dealkylation sites (tertiary alicyclic amines) is 1. The van der Waals surface area contributed by atoms with Crippen molar-refractivity contribution in [3.05, 3.63) is 51.5 Å². The molecule has 0 amide bonds. The third-order valence-electron chi connectivity index (χ3n) is 4.60. The Morgan fingerprint density at radius 3 is 2.73 bits per heavy atom. The number of aromatic nitrogens is 1. The molecule has 1 fully saturated rings. The van der Waals surface area contributed by atoms with E-state index in [0.29, 0.717) is 6.04 Å². The molecule has 1 aromatic rings. The number of aryl methyl sites for hydroxylation is 1. The van der Waals surface area contributed by atoms with Crippen LogP contribution in [0.25, 0.3) is 5.70 Å². The topological polar surface area (TPSA) is 48.1 Å². The molecule has 0 radical (unpaired) electrons. The van der Waals surface area contributed by atoms with E-state index in [1.807, 2.05) is 13.0 Å². The van der Waals surface area contributed by atoms with Gasteiger partial charge in [-0.2, -0.15) is 0 Å². The minimum atomic E-state index is -0.0418. The Balaban J connectivity index is 1.84. The normalized spacial score (nSPS) is 22.2. The van der Waals surface area contributed by atoms with Gasteiger partial charge in [0.2, 0.25) is 5.56 Å². The summed E-state index contributed by atoms with van der Waals surface area (Å²) < 4.78 is 0. The molecule has 0 spiro atoms. The zero-order valence-corrected chi connectivity index (χ0v) is 13.5. The predicted molar refractivity (Wildman–Crippen MR) is 90.7 cm³/mol. The molecule has 22 heavy (non-hydrogen) atoms. The largest absolute Gasteiger partial charge is 0.377 e. The zero-order valence-electron chi connectivity index (χ0n) is 13.5. The minimum absolute atomic E-state index is 0.0418. The Hall–Kier alpha value is -1.81. The molecule has 3 rings (SSSR count). The monoisotopic (exact) mass is 299 g/mol. The van der Waals surface area contributed by atoms with Gasteiger partial charge in [-0.3, -0.25) is 4.79 Å². The molecule has 0 saturated carbocycles. The summed E-state index contributed by atoms with van der Waals surface area (Å²) in [5, 5.41) is 3.69. The van der Waals surface area contributed by atoms with Crippen LogP contribution < -0.4 is 10.9 Å². The van der Waals surface area contributed by atoms with Crippen LogP contribution in [0.5, 0.6) is 0 Å². The number of aromatic amines is 1. The molecule has 4 heteroatoms. The highest BCUT2D eigenvalue weighted by Crippen LogP contribution is 2.25. The van der Waals surface area contributed by atoms with Gasteiger partial charge in [0.15, 0.2) is 0 Å². The Labute approximate surface area is 131 Å². The second-order valence-corrected chi connectivity index (χ2v) is 6.23. The first-order valence-electron chi connectivity index (χ1n) is 8.28. The van der Waals surface area contributed by atoms with E-state index in [4.69, 9.17) is 0 Å². The fourth-order valence-corrected chi connectivity index (χ4v) is 3.39. The van der Waals surface area contributed by atoms with Crippen molar-refractivity contribution in [2.45, 2.75) is 39.2 Å². The molecule has 1 unspecified atom stereocenters. The van der Waals surface area contributed by atoms with E-state index in [1.165, 1.54) is 37.2 Å². The standard InChI is InChI=1S/C18H25N3O/c1-3-14-6-7-15(12-21-10-4-5-11-21)20-18(14)16-8-9-17(22)19-13(16)2/h6-9,15,20H,3-5,10-12H2,1-2H3,(H,19,22). The van der Waals surface area contributed by atoms with Crippen molar-refractivity contribution in [3.8, 4) is 0 Å². The maximum atomic E-state index is 11.5. The SMILES string of the molecule is CCC1=C(c2ccc(=O)[nH]c2C)NC(CN2CCCC2)C=C1. The molecule has 2 aliphatic heterocycles. The highest BCUT2D eigenvalue weighted by molar-refractivity contribution is 5.72. The molecule has 0 bridgehead atoms. The average Bonchev–Trinajstić information content (AvgIpc) is 3.00. The maximum Gasteiger partial charge on any atom is 0.248 e. The number of H-pyrrole nitrogens is 1. The van der Waals surface area contributed by atoms with Crippen molar-refractivity contribution in [2.75, 3.05) is 19.6 Å². The quantitative estimate of drug-likeness (QED) is 0.897. The van der Waals surface area contributed by atoms with Gasteiger partial charge in [-0.25, -0.2) is 0 Å². The first kappa shape index (κ1) is 15.1. The van der Waals surface area contributed by atoms with E-state index in [0.717, 1.165) is 24.2 Å². The lowest BCUT2D eigenvalue weighted by Crippen LogP contribution is -2.39. The van der Waals surface area contributed by atoms with Crippen LogP contribution in [-0.4, -0.2) is 35.6 Å². The molecular weight excluding hydrogens is 274 g/mol. The van der Waals surface area contributed by atoms with E-state index in [-0.39, 0.29) is 5.56 Å². The zero-order chi connectivity index (χ0) is 15.5. The molecular formula is C18H25N3O. The summed E-state index contributed by atoms with van der Waals surface area (Å²) in [5.41, 5.74) is 4.46. The van der Waals surface area contributed by atoms with E-state index in [1.54, 1.807) is 6.07 Å². The smallest absolute Gasteiger partial charge is 0.248 e. The Morgan fingerprint density at radius 1 is 1.27 bits per heavy atom. The van der Waals surface area contributed by atoms with Crippen LogP contribution in [0.3, 0.4) is 0 Å². The second-order valence-electron chi connectivity index (χ2n) is 6.23. The molecule has 1 atom stereocenters. The fraction of sp³-hybridized carbons (Fsp3) is 0.500. The molecule has 118 valence electrons. The summed E-state index contributed by atoms with van der Waals surface area (Å²) in [6, 6.07) is 3.88. The van der Waals surface area contributed by atoms with Crippen molar-refractivity contribution in [1.29, 1.82) is 0 Å². The van der Waals surface area contributed by atoms with Gasteiger partial charge in [0.1, 0.15) is 0 Å². The number of allylic oxidation sites excluding steroid dienone is 2. The summed E-state index contributed by atoms with van der Waals surface area (Å²) in [6.45, 7) is 7.61. The highest BCUT2D eigenvalue weighted by atomic mass is 16.1. The average molecular weight is 299 g/mol. The lowest BCUT2D eigenvalue weighted by molar-refractivity contribution is 0.320. The Morgan fingerprint density at radius 2 is 2.05 bits per heavy atom. The van der Waals surface area contributed by atoms with Crippen LogP contribution in [0, 0.1) is 6.92 Å². The van der Waals surface area contributed by atoms with Gasteiger partial charge in [0.05, 0.1) is 6.04 Å². The van der Waals surface area contributed by atoms with E-state index in [9.17, 15) is 4.79 Å². The van der Waals surface area contributed by atoms with Crippen molar-refractivity contribution < 1.29 is 0 Å². The van der Waals surface area contributed by atoms with E-state index < -0.39 is 0 Å². The van der Waals surface area contributed by atoms with Gasteiger partial charge in [0, 0.05) is 29.6 Å². The Bertz CT molecular complexity index is 651. The molecule has 2 N–H and O–H groups in total. The number of hydrogen-bond acceptors (Lipinski definition) is 3. The summed E-state index contributed by atoms with van der Waals surface area (Å²) >= 11 is 0. The number of pyridine rings is 1. The summed E-state index contributed by atoms with van der Waals surface area (Å²) in [7, 11) is 0. The lowest BCUT2D eigenvalue weighted by atomic mass is 9.98. The van der Waals surface area contributed by atoms with Crippen LogP contribution in [0.1, 0.15) is 37.4 Å².